The Balaban J connectivity index is 2.41. The van der Waals surface area contributed by atoms with Crippen LogP contribution < -0.4 is 0 Å². The van der Waals surface area contributed by atoms with E-state index in [9.17, 15) is 5.11 Å². The first-order chi connectivity index (χ1) is 6.84. The lowest BCUT2D eigenvalue weighted by atomic mass is 10.1. The Morgan fingerprint density at radius 3 is 3.00 bits per heavy atom. The van der Waals surface area contributed by atoms with Gasteiger partial charge in [0.25, 0.3) is 0 Å². The zero-order valence-corrected chi connectivity index (χ0v) is 8.29. The number of ether oxygens (including phenoxy) is 1. The molecule has 0 aromatic carbocycles. The third-order valence-electron chi connectivity index (χ3n) is 1.96. The van der Waals surface area contributed by atoms with Gasteiger partial charge in [0.05, 0.1) is 6.10 Å². The van der Waals surface area contributed by atoms with Crippen LogP contribution in [0.4, 0.5) is 0 Å². The lowest BCUT2D eigenvalue weighted by molar-refractivity contribution is -0.0483. The molecule has 2 atom stereocenters. The molecular weight excluding hydrogens is 176 g/mol. The summed E-state index contributed by atoms with van der Waals surface area (Å²) in [4.78, 5) is 0. The summed E-state index contributed by atoms with van der Waals surface area (Å²) in [7, 11) is 0. The third kappa shape index (κ3) is 3.66. The van der Waals surface area contributed by atoms with Gasteiger partial charge in [0.15, 0.2) is 0 Å². The minimum Gasteiger partial charge on any atom is -0.390 e. The van der Waals surface area contributed by atoms with Gasteiger partial charge in [-0.3, -0.25) is 0 Å². The molecule has 14 heavy (non-hydrogen) atoms. The summed E-state index contributed by atoms with van der Waals surface area (Å²) < 4.78 is 5.36. The molecule has 0 aromatic rings. The van der Waals surface area contributed by atoms with Crippen LogP contribution in [-0.2, 0) is 4.74 Å². The van der Waals surface area contributed by atoms with E-state index in [1.807, 2.05) is 0 Å². The molecule has 1 rings (SSSR count). The molecule has 1 heterocycles. The minimum absolute atomic E-state index is 0.201. The second kappa shape index (κ2) is 6.27. The molecule has 0 aromatic heterocycles. The van der Waals surface area contributed by atoms with Crippen molar-refractivity contribution >= 4 is 0 Å². The summed E-state index contributed by atoms with van der Waals surface area (Å²) in [6.45, 7) is 2.46. The molecule has 0 spiro atoms. The van der Waals surface area contributed by atoms with Crippen LogP contribution in [0.25, 0.3) is 0 Å². The van der Waals surface area contributed by atoms with Crippen molar-refractivity contribution in [3.63, 3.8) is 0 Å². The smallest absolute Gasteiger partial charge is 0.102 e. The highest BCUT2D eigenvalue weighted by Gasteiger charge is 2.20. The van der Waals surface area contributed by atoms with E-state index in [4.69, 9.17) is 4.74 Å². The molecular formula is C12H14O2. The summed E-state index contributed by atoms with van der Waals surface area (Å²) in [5, 5.41) is 9.52. The number of aliphatic hydroxyl groups is 1. The molecule has 1 fully saturated rings. The topological polar surface area (TPSA) is 29.5 Å². The van der Waals surface area contributed by atoms with Gasteiger partial charge in [-0.05, 0) is 43.8 Å². The van der Waals surface area contributed by atoms with E-state index in [1.165, 1.54) is 0 Å². The Bertz CT molecular complexity index is 309. The van der Waals surface area contributed by atoms with Crippen LogP contribution >= 0.6 is 0 Å². The Morgan fingerprint density at radius 2 is 2.29 bits per heavy atom. The molecule has 2 nitrogen and oxygen atoms in total. The van der Waals surface area contributed by atoms with Crippen LogP contribution in [0.1, 0.15) is 19.8 Å². The molecule has 0 amide bonds. The highest BCUT2D eigenvalue weighted by atomic mass is 16.5. The number of aliphatic hydroxyl groups excluding tert-OH is 1. The van der Waals surface area contributed by atoms with Gasteiger partial charge in [-0.15, -0.1) is 0 Å². The second-order valence-electron chi connectivity index (χ2n) is 3.05. The van der Waals surface area contributed by atoms with Crippen molar-refractivity contribution in [1.29, 1.82) is 0 Å². The van der Waals surface area contributed by atoms with E-state index < -0.39 is 0 Å². The molecule has 2 unspecified atom stereocenters. The summed E-state index contributed by atoms with van der Waals surface area (Å²) in [6.07, 6.45) is 4.61. The van der Waals surface area contributed by atoms with Gasteiger partial charge in [0.2, 0.25) is 0 Å². The van der Waals surface area contributed by atoms with Crippen molar-refractivity contribution in [2.45, 2.75) is 32.0 Å². The third-order valence-corrected chi connectivity index (χ3v) is 1.96. The van der Waals surface area contributed by atoms with Crippen molar-refractivity contribution < 1.29 is 9.84 Å². The number of hydrogen-bond acceptors (Lipinski definition) is 2. The van der Waals surface area contributed by atoms with Crippen LogP contribution in [0.2, 0.25) is 0 Å². The Morgan fingerprint density at radius 1 is 1.43 bits per heavy atom. The van der Waals surface area contributed by atoms with E-state index in [-0.39, 0.29) is 12.2 Å². The fourth-order valence-corrected chi connectivity index (χ4v) is 1.25. The zero-order valence-electron chi connectivity index (χ0n) is 8.29. The van der Waals surface area contributed by atoms with Gasteiger partial charge in [-0.2, -0.15) is 0 Å². The molecule has 0 radical (unpaired) electrons. The predicted octanol–water partition coefficient (Wildman–Crippen LogP) is 1.11. The van der Waals surface area contributed by atoms with E-state index in [0.717, 1.165) is 12.8 Å². The monoisotopic (exact) mass is 190 g/mol. The maximum Gasteiger partial charge on any atom is 0.102 e. The molecule has 1 N–H and O–H groups in total. The van der Waals surface area contributed by atoms with E-state index in [2.05, 4.69) is 23.7 Å². The summed E-state index contributed by atoms with van der Waals surface area (Å²) >= 11 is 0. The van der Waals surface area contributed by atoms with Crippen molar-refractivity contribution in [1.82, 2.24) is 0 Å². The average Bonchev–Trinajstić information content (AvgIpc) is 2.20. The van der Waals surface area contributed by atoms with Gasteiger partial charge in [-0.1, -0.05) is 11.8 Å². The highest BCUT2D eigenvalue weighted by Crippen LogP contribution is 2.14. The quantitative estimate of drug-likeness (QED) is 0.628. The van der Waals surface area contributed by atoms with Crippen molar-refractivity contribution in [2.75, 3.05) is 6.61 Å². The molecule has 2 heteroatoms. The average molecular weight is 190 g/mol. The normalized spacial score (nSPS) is 26.1. The van der Waals surface area contributed by atoms with Gasteiger partial charge in [0.1, 0.15) is 6.10 Å². The van der Waals surface area contributed by atoms with E-state index in [1.54, 1.807) is 19.1 Å². The molecule has 74 valence electrons. The van der Waals surface area contributed by atoms with Crippen molar-refractivity contribution in [3.8, 4) is 23.7 Å². The number of hydrogen-bond donors (Lipinski definition) is 1. The zero-order chi connectivity index (χ0) is 10.2. The fourth-order valence-electron chi connectivity index (χ4n) is 1.25. The van der Waals surface area contributed by atoms with Crippen LogP contribution in [-0.4, -0.2) is 23.9 Å². The summed E-state index contributed by atoms with van der Waals surface area (Å²) in [5.41, 5.74) is 0. The number of rotatable bonds is 1. The van der Waals surface area contributed by atoms with Crippen LogP contribution in [0.15, 0.2) is 12.2 Å². The first kappa shape index (κ1) is 10.9. The van der Waals surface area contributed by atoms with Crippen molar-refractivity contribution in [2.24, 2.45) is 0 Å². The Labute approximate surface area is 85.0 Å². The summed E-state index contributed by atoms with van der Waals surface area (Å²) in [6, 6.07) is 0. The minimum atomic E-state index is -0.390. The van der Waals surface area contributed by atoms with Gasteiger partial charge >= 0.3 is 0 Å². The Hall–Kier alpha value is -1.22. The molecule has 1 saturated heterocycles. The van der Waals surface area contributed by atoms with Gasteiger partial charge < -0.3 is 9.84 Å². The summed E-state index contributed by atoms with van der Waals surface area (Å²) in [5.74, 6) is 10.7. The second-order valence-corrected chi connectivity index (χ2v) is 3.05. The first-order valence-corrected chi connectivity index (χ1v) is 4.73. The Kier molecular flexibility index (Phi) is 4.86. The lowest BCUT2D eigenvalue weighted by Gasteiger charge is -2.25. The fraction of sp³-hybridized carbons (Fsp3) is 0.500. The van der Waals surface area contributed by atoms with Crippen LogP contribution in [0, 0.1) is 23.7 Å². The van der Waals surface area contributed by atoms with Crippen LogP contribution in [0.5, 0.6) is 0 Å². The maximum absolute atomic E-state index is 9.52. The van der Waals surface area contributed by atoms with E-state index in [0.29, 0.717) is 6.61 Å². The maximum atomic E-state index is 9.52. The molecule has 0 bridgehead atoms. The molecule has 1 aliphatic heterocycles. The van der Waals surface area contributed by atoms with Crippen LogP contribution in [0.3, 0.4) is 0 Å². The molecule has 0 saturated carbocycles. The SMILES string of the molecule is CC#CC#CC=CC1OCCCC1O. The van der Waals surface area contributed by atoms with Crippen molar-refractivity contribution in [3.05, 3.63) is 12.2 Å². The molecule has 0 aliphatic carbocycles. The largest absolute Gasteiger partial charge is 0.390 e. The van der Waals surface area contributed by atoms with Gasteiger partial charge in [-0.25, -0.2) is 0 Å². The highest BCUT2D eigenvalue weighted by molar-refractivity contribution is 5.30. The lowest BCUT2D eigenvalue weighted by Crippen LogP contribution is -2.32. The molecule has 1 aliphatic rings. The van der Waals surface area contributed by atoms with Gasteiger partial charge in [0, 0.05) is 6.61 Å². The number of allylic oxidation sites excluding steroid dienone is 1. The van der Waals surface area contributed by atoms with E-state index >= 15 is 0 Å². The first-order valence-electron chi connectivity index (χ1n) is 4.73. The predicted molar refractivity (Wildman–Crippen MR) is 55.3 cm³/mol. The standard InChI is InChI=1S/C12H14O2/c1-2-3-4-5-6-9-12-11(13)8-7-10-14-12/h6,9,11-13H,7-8,10H2,1H3.